The minimum atomic E-state index is -3.42. The maximum Gasteiger partial charge on any atom is 0.241 e. The molecule has 0 spiro atoms. The monoisotopic (exact) mass is 308 g/mol. The third-order valence-corrected chi connectivity index (χ3v) is 6.18. The van der Waals surface area contributed by atoms with Gasteiger partial charge in [0.2, 0.25) is 10.0 Å². The van der Waals surface area contributed by atoms with Crippen LogP contribution in [0, 0.1) is 6.92 Å². The molecule has 0 aliphatic carbocycles. The van der Waals surface area contributed by atoms with Crippen LogP contribution in [-0.2, 0) is 16.6 Å². The van der Waals surface area contributed by atoms with Crippen molar-refractivity contribution < 1.29 is 8.42 Å². The largest absolute Gasteiger partial charge is 0.326 e. The van der Waals surface area contributed by atoms with Crippen molar-refractivity contribution in [3.63, 3.8) is 0 Å². The van der Waals surface area contributed by atoms with Crippen molar-refractivity contribution in [2.75, 3.05) is 12.0 Å². The van der Waals surface area contributed by atoms with Crippen LogP contribution in [0.3, 0.4) is 0 Å². The predicted molar refractivity (Wildman–Crippen MR) is 79.7 cm³/mol. The third-order valence-electron chi connectivity index (χ3n) is 2.60. The molecule has 18 heavy (non-hydrogen) atoms. The zero-order valence-corrected chi connectivity index (χ0v) is 13.3. The summed E-state index contributed by atoms with van der Waals surface area (Å²) >= 11 is 3.08. The van der Waals surface area contributed by atoms with Gasteiger partial charge in [-0.2, -0.15) is 11.8 Å². The lowest BCUT2D eigenvalue weighted by Crippen LogP contribution is -2.36. The van der Waals surface area contributed by atoms with Gasteiger partial charge in [0.15, 0.2) is 0 Å². The zero-order chi connectivity index (χ0) is 13.8. The van der Waals surface area contributed by atoms with Crippen LogP contribution in [-0.4, -0.2) is 26.5 Å². The van der Waals surface area contributed by atoms with E-state index in [0.717, 1.165) is 21.9 Å². The summed E-state index contributed by atoms with van der Waals surface area (Å²) in [5, 5.41) is 0. The fourth-order valence-electron chi connectivity index (χ4n) is 1.61. The summed E-state index contributed by atoms with van der Waals surface area (Å²) in [6.07, 6.45) is 2.76. The van der Waals surface area contributed by atoms with Gasteiger partial charge in [0, 0.05) is 28.1 Å². The molecule has 0 radical (unpaired) electrons. The van der Waals surface area contributed by atoms with Crippen molar-refractivity contribution in [1.29, 1.82) is 0 Å². The first-order valence-corrected chi connectivity index (χ1v) is 9.44. The topological polar surface area (TPSA) is 72.2 Å². The van der Waals surface area contributed by atoms with Gasteiger partial charge in [0.1, 0.15) is 0 Å². The molecule has 1 atom stereocenters. The van der Waals surface area contributed by atoms with Crippen LogP contribution in [0.1, 0.15) is 23.1 Å². The standard InChI is InChI=1S/C11H20N2O2S3/c1-4-9(7-16-3)13-18(14,15)11-5-10(6-12)17-8(11)2/h5,9,13H,4,6-7,12H2,1-3H3. The first-order chi connectivity index (χ1) is 8.44. The number of hydrogen-bond donors (Lipinski definition) is 2. The molecule has 4 nitrogen and oxygen atoms in total. The van der Waals surface area contributed by atoms with Crippen LogP contribution in [0.15, 0.2) is 11.0 Å². The lowest BCUT2D eigenvalue weighted by Gasteiger charge is -2.15. The molecule has 0 saturated carbocycles. The molecule has 0 aliphatic rings. The van der Waals surface area contributed by atoms with Gasteiger partial charge in [-0.3, -0.25) is 0 Å². The molecule has 0 bridgehead atoms. The van der Waals surface area contributed by atoms with Gasteiger partial charge in [-0.05, 0) is 25.7 Å². The molecule has 1 aromatic rings. The second kappa shape index (κ2) is 6.91. The summed E-state index contributed by atoms with van der Waals surface area (Å²) in [7, 11) is -3.42. The quantitative estimate of drug-likeness (QED) is 0.807. The molecule has 7 heteroatoms. The minimum absolute atomic E-state index is 0.0226. The summed E-state index contributed by atoms with van der Waals surface area (Å²) in [5.74, 6) is 0.780. The average molecular weight is 308 g/mol. The van der Waals surface area contributed by atoms with E-state index in [1.165, 1.54) is 11.3 Å². The van der Waals surface area contributed by atoms with Gasteiger partial charge in [-0.25, -0.2) is 13.1 Å². The Morgan fingerprint density at radius 1 is 1.56 bits per heavy atom. The van der Waals surface area contributed by atoms with Crippen LogP contribution < -0.4 is 10.5 Å². The number of thioether (sulfide) groups is 1. The van der Waals surface area contributed by atoms with E-state index in [2.05, 4.69) is 4.72 Å². The van der Waals surface area contributed by atoms with Gasteiger partial charge in [0.05, 0.1) is 4.90 Å². The Balaban J connectivity index is 2.94. The summed E-state index contributed by atoms with van der Waals surface area (Å²) in [6, 6.07) is 1.65. The van der Waals surface area contributed by atoms with Crippen LogP contribution in [0.2, 0.25) is 0 Å². The molecule has 1 aromatic heterocycles. The Bertz CT molecular complexity index is 482. The SMILES string of the molecule is CCC(CSC)NS(=O)(=O)c1cc(CN)sc1C. The Morgan fingerprint density at radius 3 is 2.67 bits per heavy atom. The third kappa shape index (κ3) is 3.96. The first kappa shape index (κ1) is 16.0. The first-order valence-electron chi connectivity index (χ1n) is 5.75. The number of sulfonamides is 1. The van der Waals surface area contributed by atoms with E-state index < -0.39 is 10.0 Å². The number of hydrogen-bond acceptors (Lipinski definition) is 5. The highest BCUT2D eigenvalue weighted by Gasteiger charge is 2.22. The molecule has 0 saturated heterocycles. The van der Waals surface area contributed by atoms with Crippen LogP contribution in [0.4, 0.5) is 0 Å². The number of rotatable bonds is 7. The fraction of sp³-hybridized carbons (Fsp3) is 0.636. The van der Waals surface area contributed by atoms with Crippen molar-refractivity contribution in [3.8, 4) is 0 Å². The van der Waals surface area contributed by atoms with E-state index in [4.69, 9.17) is 5.73 Å². The lowest BCUT2D eigenvalue weighted by molar-refractivity contribution is 0.558. The van der Waals surface area contributed by atoms with E-state index in [-0.39, 0.29) is 6.04 Å². The molecule has 1 unspecified atom stereocenters. The molecule has 0 fully saturated rings. The van der Waals surface area contributed by atoms with Crippen LogP contribution >= 0.6 is 23.1 Å². The molecule has 0 aliphatic heterocycles. The second-order valence-corrected chi connectivity index (χ2v) is 7.95. The van der Waals surface area contributed by atoms with E-state index in [1.807, 2.05) is 20.1 Å². The number of nitrogens with one attached hydrogen (secondary N) is 1. The average Bonchev–Trinajstić information content (AvgIpc) is 2.70. The Hall–Kier alpha value is -0.0800. The summed E-state index contributed by atoms with van der Waals surface area (Å²) in [5.41, 5.74) is 5.54. The molecule has 1 rings (SSSR count). The van der Waals surface area contributed by atoms with Gasteiger partial charge in [0.25, 0.3) is 0 Å². The van der Waals surface area contributed by atoms with Crippen LogP contribution in [0.5, 0.6) is 0 Å². The van der Waals surface area contributed by atoms with Crippen LogP contribution in [0.25, 0.3) is 0 Å². The molecular weight excluding hydrogens is 288 g/mol. The van der Waals surface area contributed by atoms with Crippen molar-refractivity contribution >= 4 is 33.1 Å². The zero-order valence-electron chi connectivity index (χ0n) is 10.9. The smallest absolute Gasteiger partial charge is 0.241 e. The van der Waals surface area contributed by atoms with E-state index in [9.17, 15) is 8.42 Å². The fourth-order valence-corrected chi connectivity index (χ4v) is 5.27. The van der Waals surface area contributed by atoms with Crippen molar-refractivity contribution in [1.82, 2.24) is 4.72 Å². The second-order valence-electron chi connectivity index (χ2n) is 4.02. The Morgan fingerprint density at radius 2 is 2.22 bits per heavy atom. The maximum absolute atomic E-state index is 12.3. The van der Waals surface area contributed by atoms with E-state index >= 15 is 0 Å². The van der Waals surface area contributed by atoms with Gasteiger partial charge in [-0.1, -0.05) is 6.92 Å². The summed E-state index contributed by atoms with van der Waals surface area (Å²) < 4.78 is 27.3. The summed E-state index contributed by atoms with van der Waals surface area (Å²) in [4.78, 5) is 2.06. The summed E-state index contributed by atoms with van der Waals surface area (Å²) in [6.45, 7) is 4.17. The van der Waals surface area contributed by atoms with E-state index in [0.29, 0.717) is 11.4 Å². The molecule has 104 valence electrons. The van der Waals surface area contributed by atoms with Crippen molar-refractivity contribution in [2.24, 2.45) is 5.73 Å². The van der Waals surface area contributed by atoms with Gasteiger partial charge < -0.3 is 5.73 Å². The molecule has 3 N–H and O–H groups in total. The van der Waals surface area contributed by atoms with Crippen molar-refractivity contribution in [3.05, 3.63) is 15.8 Å². The minimum Gasteiger partial charge on any atom is -0.326 e. The maximum atomic E-state index is 12.3. The normalized spacial score (nSPS) is 13.8. The highest BCUT2D eigenvalue weighted by atomic mass is 32.2. The highest BCUT2D eigenvalue weighted by Crippen LogP contribution is 2.25. The molecule has 0 amide bonds. The highest BCUT2D eigenvalue weighted by molar-refractivity contribution is 7.98. The molecule has 1 heterocycles. The lowest BCUT2D eigenvalue weighted by atomic mass is 10.3. The number of aryl methyl sites for hydroxylation is 1. The number of nitrogens with two attached hydrogens (primary N) is 1. The Kier molecular flexibility index (Phi) is 6.13. The number of thiophene rings is 1. The molecule has 0 aromatic carbocycles. The molecular formula is C11H20N2O2S3. The Labute approximate surface area is 117 Å². The van der Waals surface area contributed by atoms with Crippen molar-refractivity contribution in [2.45, 2.75) is 37.8 Å². The van der Waals surface area contributed by atoms with E-state index in [1.54, 1.807) is 17.8 Å². The van der Waals surface area contributed by atoms with Gasteiger partial charge >= 0.3 is 0 Å². The predicted octanol–water partition coefficient (Wildman–Crippen LogP) is 1.94. The van der Waals surface area contributed by atoms with Gasteiger partial charge in [-0.15, -0.1) is 11.3 Å².